The van der Waals surface area contributed by atoms with Crippen LogP contribution in [-0.4, -0.2) is 35.7 Å². The predicted octanol–water partition coefficient (Wildman–Crippen LogP) is 1.71. The van der Waals surface area contributed by atoms with Crippen molar-refractivity contribution in [3.05, 3.63) is 29.6 Å². The lowest BCUT2D eigenvalue weighted by Crippen LogP contribution is -2.37. The summed E-state index contributed by atoms with van der Waals surface area (Å²) in [7, 11) is 0. The van der Waals surface area contributed by atoms with E-state index in [9.17, 15) is 13.2 Å². The van der Waals surface area contributed by atoms with E-state index in [1.165, 1.54) is 4.90 Å². The summed E-state index contributed by atoms with van der Waals surface area (Å²) >= 11 is 0. The zero-order valence-electron chi connectivity index (χ0n) is 9.67. The Morgan fingerprint density at radius 3 is 2.65 bits per heavy atom. The second kappa shape index (κ2) is 5.97. The average molecular weight is 247 g/mol. The molecule has 0 radical (unpaired) electrons. The van der Waals surface area contributed by atoms with E-state index in [4.69, 9.17) is 5.73 Å². The zero-order valence-corrected chi connectivity index (χ0v) is 9.67. The fraction of sp³-hybridized carbons (Fsp3) is 0.545. The van der Waals surface area contributed by atoms with E-state index in [2.05, 4.69) is 4.98 Å². The summed E-state index contributed by atoms with van der Waals surface area (Å²) < 4.78 is 37.0. The Kier molecular flexibility index (Phi) is 4.89. The van der Waals surface area contributed by atoms with E-state index in [0.29, 0.717) is 5.69 Å². The summed E-state index contributed by atoms with van der Waals surface area (Å²) in [6.45, 7) is 1.44. The molecule has 1 rings (SSSR count). The number of nitrogens with zero attached hydrogens (tertiary/aromatic N) is 2. The Hall–Kier alpha value is -1.14. The van der Waals surface area contributed by atoms with Crippen LogP contribution in [0.2, 0.25) is 0 Å². The number of hydrogen-bond donors (Lipinski definition) is 1. The van der Waals surface area contributed by atoms with Gasteiger partial charge < -0.3 is 5.73 Å². The van der Waals surface area contributed by atoms with Gasteiger partial charge in [0.25, 0.3) is 0 Å². The first-order chi connectivity index (χ1) is 7.92. The molecule has 0 spiro atoms. The summed E-state index contributed by atoms with van der Waals surface area (Å²) in [6.07, 6.45) is -2.63. The Morgan fingerprint density at radius 2 is 2.12 bits per heavy atom. The largest absolute Gasteiger partial charge is 0.401 e. The zero-order chi connectivity index (χ0) is 12.9. The van der Waals surface area contributed by atoms with E-state index in [1.54, 1.807) is 12.3 Å². The highest BCUT2D eigenvalue weighted by atomic mass is 19.4. The van der Waals surface area contributed by atoms with Gasteiger partial charge in [-0.25, -0.2) is 0 Å². The van der Waals surface area contributed by atoms with Gasteiger partial charge in [0.2, 0.25) is 0 Å². The number of pyridine rings is 1. The smallest absolute Gasteiger partial charge is 0.329 e. The molecule has 0 bridgehead atoms. The molecule has 0 aromatic carbocycles. The molecule has 3 nitrogen and oxygen atoms in total. The Bertz CT molecular complexity index is 352. The summed E-state index contributed by atoms with van der Waals surface area (Å²) in [5, 5.41) is 0. The van der Waals surface area contributed by atoms with Crippen molar-refractivity contribution in [1.82, 2.24) is 9.88 Å². The van der Waals surface area contributed by atoms with E-state index in [-0.39, 0.29) is 19.6 Å². The number of halogens is 3. The molecule has 0 fully saturated rings. The quantitative estimate of drug-likeness (QED) is 0.861. The standard InChI is InChI=1S/C11H16F3N3/c1-9-3-2-5-16-10(9)7-17(6-4-15)8-11(12,13)14/h2-3,5H,4,6-8,15H2,1H3. The van der Waals surface area contributed by atoms with E-state index >= 15 is 0 Å². The summed E-state index contributed by atoms with van der Waals surface area (Å²) in [4.78, 5) is 5.34. The molecule has 0 saturated carbocycles. The molecule has 0 atom stereocenters. The lowest BCUT2D eigenvalue weighted by molar-refractivity contribution is -0.146. The van der Waals surface area contributed by atoms with Crippen molar-refractivity contribution in [2.45, 2.75) is 19.6 Å². The van der Waals surface area contributed by atoms with Gasteiger partial charge in [-0.1, -0.05) is 6.07 Å². The first-order valence-corrected chi connectivity index (χ1v) is 5.32. The Morgan fingerprint density at radius 1 is 1.41 bits per heavy atom. The molecule has 0 aliphatic heterocycles. The van der Waals surface area contributed by atoms with Crippen LogP contribution in [0.5, 0.6) is 0 Å². The normalized spacial score (nSPS) is 12.1. The van der Waals surface area contributed by atoms with Gasteiger partial charge in [0, 0.05) is 25.8 Å². The SMILES string of the molecule is Cc1cccnc1CN(CCN)CC(F)(F)F. The highest BCUT2D eigenvalue weighted by Crippen LogP contribution is 2.18. The van der Waals surface area contributed by atoms with Gasteiger partial charge in [-0.05, 0) is 18.6 Å². The molecule has 0 unspecified atom stereocenters. The van der Waals surface area contributed by atoms with Crippen LogP contribution in [0.25, 0.3) is 0 Å². The number of nitrogens with two attached hydrogens (primary N) is 1. The monoisotopic (exact) mass is 247 g/mol. The molecule has 0 aliphatic carbocycles. The minimum absolute atomic E-state index is 0.170. The molecule has 96 valence electrons. The first-order valence-electron chi connectivity index (χ1n) is 5.32. The van der Waals surface area contributed by atoms with Crippen LogP contribution in [-0.2, 0) is 6.54 Å². The topological polar surface area (TPSA) is 42.2 Å². The summed E-state index contributed by atoms with van der Waals surface area (Å²) in [6, 6.07) is 3.59. The average Bonchev–Trinajstić information content (AvgIpc) is 2.19. The third-order valence-corrected chi connectivity index (χ3v) is 2.34. The van der Waals surface area contributed by atoms with Gasteiger partial charge in [0.15, 0.2) is 0 Å². The summed E-state index contributed by atoms with van der Waals surface area (Å²) in [5.74, 6) is 0. The molecule has 0 amide bonds. The highest BCUT2D eigenvalue weighted by Gasteiger charge is 2.30. The van der Waals surface area contributed by atoms with Gasteiger partial charge in [-0.15, -0.1) is 0 Å². The fourth-order valence-corrected chi connectivity index (χ4v) is 1.55. The summed E-state index contributed by atoms with van der Waals surface area (Å²) in [5.41, 5.74) is 6.85. The molecule has 2 N–H and O–H groups in total. The molecule has 0 saturated heterocycles. The highest BCUT2D eigenvalue weighted by molar-refractivity contribution is 5.17. The predicted molar refractivity (Wildman–Crippen MR) is 59.4 cm³/mol. The second-order valence-electron chi connectivity index (χ2n) is 3.88. The molecular weight excluding hydrogens is 231 g/mol. The van der Waals surface area contributed by atoms with Crippen molar-refractivity contribution >= 4 is 0 Å². The number of hydrogen-bond acceptors (Lipinski definition) is 3. The van der Waals surface area contributed by atoms with E-state index < -0.39 is 12.7 Å². The number of rotatable bonds is 5. The van der Waals surface area contributed by atoms with Crippen molar-refractivity contribution < 1.29 is 13.2 Å². The second-order valence-corrected chi connectivity index (χ2v) is 3.88. The van der Waals surface area contributed by atoms with Crippen molar-refractivity contribution in [2.75, 3.05) is 19.6 Å². The molecule has 1 aromatic heterocycles. The Balaban J connectivity index is 2.70. The maximum atomic E-state index is 12.3. The van der Waals surface area contributed by atoms with Crippen LogP contribution in [0.1, 0.15) is 11.3 Å². The minimum atomic E-state index is -4.21. The molecule has 17 heavy (non-hydrogen) atoms. The van der Waals surface area contributed by atoms with Crippen LogP contribution in [0, 0.1) is 6.92 Å². The van der Waals surface area contributed by atoms with Gasteiger partial charge >= 0.3 is 6.18 Å². The van der Waals surface area contributed by atoms with Gasteiger partial charge in [0.1, 0.15) is 0 Å². The van der Waals surface area contributed by atoms with Crippen LogP contribution in [0.4, 0.5) is 13.2 Å². The number of alkyl halides is 3. The molecule has 1 aromatic rings. The van der Waals surface area contributed by atoms with E-state index in [0.717, 1.165) is 5.56 Å². The number of aryl methyl sites for hydroxylation is 1. The van der Waals surface area contributed by atoms with Gasteiger partial charge in [-0.3, -0.25) is 9.88 Å². The lowest BCUT2D eigenvalue weighted by atomic mass is 10.2. The molecule has 1 heterocycles. The third kappa shape index (κ3) is 5.14. The number of aromatic nitrogens is 1. The third-order valence-electron chi connectivity index (χ3n) is 2.34. The van der Waals surface area contributed by atoms with Crippen LogP contribution < -0.4 is 5.73 Å². The van der Waals surface area contributed by atoms with Gasteiger partial charge in [0.05, 0.1) is 12.2 Å². The van der Waals surface area contributed by atoms with Crippen molar-refractivity contribution in [3.63, 3.8) is 0 Å². The molecule has 6 heteroatoms. The maximum absolute atomic E-state index is 12.3. The van der Waals surface area contributed by atoms with E-state index in [1.807, 2.05) is 13.0 Å². The fourth-order valence-electron chi connectivity index (χ4n) is 1.55. The maximum Gasteiger partial charge on any atom is 0.401 e. The Labute approximate surface area is 98.4 Å². The first kappa shape index (κ1) is 13.9. The van der Waals surface area contributed by atoms with Crippen LogP contribution in [0.3, 0.4) is 0 Å². The molecular formula is C11H16F3N3. The van der Waals surface area contributed by atoms with Crippen molar-refractivity contribution in [1.29, 1.82) is 0 Å². The lowest BCUT2D eigenvalue weighted by Gasteiger charge is -2.23. The molecule has 0 aliphatic rings. The minimum Gasteiger partial charge on any atom is -0.329 e. The van der Waals surface area contributed by atoms with Crippen molar-refractivity contribution in [3.8, 4) is 0 Å². The van der Waals surface area contributed by atoms with Crippen LogP contribution >= 0.6 is 0 Å². The van der Waals surface area contributed by atoms with Crippen LogP contribution in [0.15, 0.2) is 18.3 Å². The van der Waals surface area contributed by atoms with Gasteiger partial charge in [-0.2, -0.15) is 13.2 Å². The van der Waals surface area contributed by atoms with Crippen molar-refractivity contribution in [2.24, 2.45) is 5.73 Å².